The van der Waals surface area contributed by atoms with E-state index in [9.17, 15) is 4.79 Å². The van der Waals surface area contributed by atoms with Crippen LogP contribution in [0.25, 0.3) is 11.6 Å². The number of thiazole rings is 1. The molecule has 0 unspecified atom stereocenters. The van der Waals surface area contributed by atoms with E-state index in [-0.39, 0.29) is 6.61 Å². The van der Waals surface area contributed by atoms with Crippen LogP contribution in [0.4, 0.5) is 0 Å². The van der Waals surface area contributed by atoms with Crippen LogP contribution >= 0.6 is 11.3 Å². The average molecular weight is 357 g/mol. The zero-order chi connectivity index (χ0) is 18.2. The van der Waals surface area contributed by atoms with E-state index in [1.54, 1.807) is 18.2 Å². The first kappa shape index (κ1) is 18.6. The number of ether oxygens (including phenoxy) is 3. The lowest BCUT2D eigenvalue weighted by Crippen LogP contribution is -2.04. The van der Waals surface area contributed by atoms with Gasteiger partial charge in [-0.1, -0.05) is 12.0 Å². The van der Waals surface area contributed by atoms with Gasteiger partial charge in [0.05, 0.1) is 19.3 Å². The molecule has 0 spiro atoms. The van der Waals surface area contributed by atoms with Crippen molar-refractivity contribution in [3.05, 3.63) is 39.8 Å². The summed E-state index contributed by atoms with van der Waals surface area (Å²) in [5.41, 5.74) is 2.01. The molecule has 1 heterocycles. The Kier molecular flexibility index (Phi) is 6.61. The quantitative estimate of drug-likeness (QED) is 0.431. The zero-order valence-electron chi connectivity index (χ0n) is 14.4. The Morgan fingerprint density at radius 2 is 2.16 bits per heavy atom. The summed E-state index contributed by atoms with van der Waals surface area (Å²) in [6, 6.07) is 5.37. The second-order valence-electron chi connectivity index (χ2n) is 4.98. The predicted octanol–water partition coefficient (Wildman–Crippen LogP) is 3.58. The maximum Gasteiger partial charge on any atom is 0.340 e. The number of benzene rings is 1. The van der Waals surface area contributed by atoms with E-state index in [4.69, 9.17) is 20.6 Å². The summed E-state index contributed by atoms with van der Waals surface area (Å²) in [6.45, 7) is 4.39. The van der Waals surface area contributed by atoms with E-state index < -0.39 is 5.97 Å². The van der Waals surface area contributed by atoms with Crippen LogP contribution in [0, 0.1) is 19.3 Å². The molecule has 25 heavy (non-hydrogen) atoms. The van der Waals surface area contributed by atoms with Gasteiger partial charge in [0.25, 0.3) is 0 Å². The van der Waals surface area contributed by atoms with Crippen LogP contribution in [0.15, 0.2) is 23.6 Å². The summed E-state index contributed by atoms with van der Waals surface area (Å²) in [7, 11) is 1.35. The molecule has 130 valence electrons. The number of esters is 1. The Hall–Kier alpha value is -2.78. The van der Waals surface area contributed by atoms with Crippen LogP contribution in [0.2, 0.25) is 0 Å². The van der Waals surface area contributed by atoms with Gasteiger partial charge in [0, 0.05) is 11.1 Å². The number of carbonyl (C=O) groups excluding carboxylic acids is 1. The maximum absolute atomic E-state index is 12.1. The van der Waals surface area contributed by atoms with Crippen molar-refractivity contribution < 1.29 is 19.0 Å². The van der Waals surface area contributed by atoms with Crippen LogP contribution in [0.5, 0.6) is 11.5 Å². The van der Waals surface area contributed by atoms with E-state index in [0.717, 1.165) is 11.3 Å². The molecule has 6 heteroatoms. The number of carbonyl (C=O) groups is 1. The highest BCUT2D eigenvalue weighted by atomic mass is 32.1. The molecule has 0 fully saturated rings. The van der Waals surface area contributed by atoms with E-state index in [0.29, 0.717) is 28.7 Å². The number of nitrogens with zero attached hydrogens (tertiary/aromatic N) is 1. The van der Waals surface area contributed by atoms with Crippen LogP contribution in [-0.4, -0.2) is 31.3 Å². The van der Waals surface area contributed by atoms with Crippen LogP contribution in [-0.2, 0) is 9.53 Å². The van der Waals surface area contributed by atoms with Crippen molar-refractivity contribution in [1.29, 1.82) is 0 Å². The van der Waals surface area contributed by atoms with Crippen LogP contribution in [0.1, 0.15) is 23.2 Å². The molecule has 0 atom stereocenters. The minimum Gasteiger partial charge on any atom is -0.490 e. The molecule has 2 aromatic rings. The molecule has 0 amide bonds. The molecule has 0 radical (unpaired) electrons. The van der Waals surface area contributed by atoms with Gasteiger partial charge in [0.2, 0.25) is 0 Å². The van der Waals surface area contributed by atoms with E-state index in [1.807, 2.05) is 25.3 Å². The number of methoxy groups -OCH3 is 1. The van der Waals surface area contributed by atoms with Gasteiger partial charge in [0.15, 0.2) is 11.5 Å². The van der Waals surface area contributed by atoms with Gasteiger partial charge >= 0.3 is 5.97 Å². The van der Waals surface area contributed by atoms with Gasteiger partial charge in [0.1, 0.15) is 11.6 Å². The highest BCUT2D eigenvalue weighted by Gasteiger charge is 2.16. The van der Waals surface area contributed by atoms with Crippen molar-refractivity contribution in [2.24, 2.45) is 0 Å². The molecule has 2 rings (SSSR count). The van der Waals surface area contributed by atoms with Gasteiger partial charge in [-0.3, -0.25) is 0 Å². The zero-order valence-corrected chi connectivity index (χ0v) is 15.2. The summed E-state index contributed by atoms with van der Waals surface area (Å²) in [6.07, 6.45) is 6.95. The number of terminal acetylenes is 1. The Labute approximate surface area is 151 Å². The number of rotatable bonds is 7. The normalized spacial score (nSPS) is 10.9. The van der Waals surface area contributed by atoms with Gasteiger partial charge in [-0.05, 0) is 37.6 Å². The second kappa shape index (κ2) is 8.90. The SMILES string of the molecule is C#CCOc1ccc(/C=C(\C(=O)OC)c2nc(C)cs2)cc1OCC. The Balaban J connectivity index is 2.43. The standard InChI is InChI=1S/C19H19NO4S/c1-5-9-24-16-8-7-14(11-17(16)23-6-2)10-15(19(21)22-4)18-20-13(3)12-25-18/h1,7-8,10-12H,6,9H2,2-4H3/b15-10-. The number of hydrogen-bond donors (Lipinski definition) is 0. The lowest BCUT2D eigenvalue weighted by atomic mass is 10.1. The predicted molar refractivity (Wildman–Crippen MR) is 98.7 cm³/mol. The smallest absolute Gasteiger partial charge is 0.340 e. The summed E-state index contributed by atoms with van der Waals surface area (Å²) < 4.78 is 16.0. The van der Waals surface area contributed by atoms with Gasteiger partial charge in [-0.25, -0.2) is 9.78 Å². The van der Waals surface area contributed by atoms with Crippen molar-refractivity contribution in [2.75, 3.05) is 20.3 Å². The lowest BCUT2D eigenvalue weighted by Gasteiger charge is -2.11. The minimum absolute atomic E-state index is 0.154. The van der Waals surface area contributed by atoms with Crippen LogP contribution < -0.4 is 9.47 Å². The first-order chi connectivity index (χ1) is 12.1. The van der Waals surface area contributed by atoms with Gasteiger partial charge in [-0.2, -0.15) is 0 Å². The Morgan fingerprint density at radius 3 is 2.76 bits per heavy atom. The third-order valence-electron chi connectivity index (χ3n) is 3.14. The number of aryl methyl sites for hydroxylation is 1. The molecule has 1 aromatic heterocycles. The molecule has 0 aliphatic rings. The fourth-order valence-corrected chi connectivity index (χ4v) is 2.88. The van der Waals surface area contributed by atoms with E-state index >= 15 is 0 Å². The molecule has 5 nitrogen and oxygen atoms in total. The maximum atomic E-state index is 12.1. The molecule has 0 aliphatic carbocycles. The van der Waals surface area contributed by atoms with Gasteiger partial charge < -0.3 is 14.2 Å². The molecular formula is C19H19NO4S. The molecule has 1 aromatic carbocycles. The lowest BCUT2D eigenvalue weighted by molar-refractivity contribution is -0.133. The fraction of sp³-hybridized carbons (Fsp3) is 0.263. The molecule has 0 N–H and O–H groups in total. The molecule has 0 saturated heterocycles. The molecule has 0 aliphatic heterocycles. The third kappa shape index (κ3) is 4.85. The Morgan fingerprint density at radius 1 is 1.36 bits per heavy atom. The van der Waals surface area contributed by atoms with Crippen LogP contribution in [0.3, 0.4) is 0 Å². The van der Waals surface area contributed by atoms with Crippen molar-refractivity contribution >= 4 is 29.0 Å². The first-order valence-electron chi connectivity index (χ1n) is 7.64. The van der Waals surface area contributed by atoms with Crippen molar-refractivity contribution in [3.8, 4) is 23.8 Å². The first-order valence-corrected chi connectivity index (χ1v) is 8.52. The molecule has 0 saturated carbocycles. The monoisotopic (exact) mass is 357 g/mol. The fourth-order valence-electron chi connectivity index (χ4n) is 2.08. The number of hydrogen-bond acceptors (Lipinski definition) is 6. The summed E-state index contributed by atoms with van der Waals surface area (Å²) in [5, 5.41) is 2.49. The van der Waals surface area contributed by atoms with Crippen molar-refractivity contribution in [2.45, 2.75) is 13.8 Å². The van der Waals surface area contributed by atoms with E-state index in [1.165, 1.54) is 18.4 Å². The molecular weight excluding hydrogens is 338 g/mol. The summed E-state index contributed by atoms with van der Waals surface area (Å²) >= 11 is 1.39. The van der Waals surface area contributed by atoms with E-state index in [2.05, 4.69) is 10.9 Å². The Bertz CT molecular complexity index is 817. The average Bonchev–Trinajstić information content (AvgIpc) is 3.04. The largest absolute Gasteiger partial charge is 0.490 e. The topological polar surface area (TPSA) is 57.7 Å². The van der Waals surface area contributed by atoms with Crippen molar-refractivity contribution in [3.63, 3.8) is 0 Å². The summed E-state index contributed by atoms with van der Waals surface area (Å²) in [5.74, 6) is 3.09. The highest BCUT2D eigenvalue weighted by molar-refractivity contribution is 7.11. The molecule has 0 bridgehead atoms. The van der Waals surface area contributed by atoms with Crippen molar-refractivity contribution in [1.82, 2.24) is 4.98 Å². The minimum atomic E-state index is -0.444. The van der Waals surface area contributed by atoms with Gasteiger partial charge in [-0.15, -0.1) is 17.8 Å². The number of aromatic nitrogens is 1. The third-order valence-corrected chi connectivity index (χ3v) is 4.14. The highest BCUT2D eigenvalue weighted by Crippen LogP contribution is 2.31. The summed E-state index contributed by atoms with van der Waals surface area (Å²) in [4.78, 5) is 16.5. The second-order valence-corrected chi connectivity index (χ2v) is 5.83.